The molecule has 0 saturated heterocycles. The van der Waals surface area contributed by atoms with Gasteiger partial charge in [0.2, 0.25) is 0 Å². The van der Waals surface area contributed by atoms with E-state index in [2.05, 4.69) is 108 Å². The molecule has 0 saturated carbocycles. The maximum Gasteiger partial charge on any atom is 0.125 e. The minimum absolute atomic E-state index is 0.616. The Morgan fingerprint density at radius 1 is 0.659 bits per heavy atom. The lowest BCUT2D eigenvalue weighted by Gasteiger charge is -2.52. The van der Waals surface area contributed by atoms with Crippen LogP contribution in [0.15, 0.2) is 84.9 Å². The highest BCUT2D eigenvalue weighted by Gasteiger charge is 2.56. The molecule has 4 aromatic carbocycles. The number of hydrogen-bond donors (Lipinski definition) is 1. The molecule has 210 valence electrons. The van der Waals surface area contributed by atoms with E-state index < -0.39 is 5.41 Å². The molecule has 2 heterocycles. The summed E-state index contributed by atoms with van der Waals surface area (Å²) in [5, 5.41) is 3.72. The van der Waals surface area contributed by atoms with Gasteiger partial charge in [-0.15, -0.1) is 0 Å². The lowest BCUT2D eigenvalue weighted by atomic mass is 9.62. The van der Waals surface area contributed by atoms with Gasteiger partial charge >= 0.3 is 0 Å². The smallest absolute Gasteiger partial charge is 0.125 e. The Balaban J connectivity index is 1.74. The van der Waals surface area contributed by atoms with Crippen LogP contribution < -0.4 is 24.6 Å². The van der Waals surface area contributed by atoms with Crippen molar-refractivity contribution >= 4 is 40.0 Å². The summed E-state index contributed by atoms with van der Waals surface area (Å²) in [4.78, 5) is 5.62. The van der Waals surface area contributed by atoms with Crippen molar-refractivity contribution in [2.75, 3.05) is 37.1 Å². The Hall–Kier alpha value is -4.03. The van der Waals surface area contributed by atoms with Crippen LogP contribution in [0.3, 0.4) is 0 Å². The molecule has 6 rings (SSSR count). The van der Waals surface area contributed by atoms with E-state index >= 15 is 0 Å². The number of benzene rings is 4. The lowest BCUT2D eigenvalue weighted by Crippen LogP contribution is -2.52. The summed E-state index contributed by atoms with van der Waals surface area (Å²) in [5.74, 6) is 1.63. The van der Waals surface area contributed by atoms with E-state index in [-0.39, 0.29) is 0 Å². The van der Waals surface area contributed by atoms with Crippen molar-refractivity contribution in [2.45, 2.75) is 38.6 Å². The first kappa shape index (κ1) is 27.2. The number of nitrogens with zero attached hydrogens (tertiary/aromatic N) is 2. The fraction of sp³-hybridized carbons (Fsp3) is 0.286. The Kier molecular flexibility index (Phi) is 7.35. The minimum Gasteiger partial charge on any atom is -0.496 e. The summed E-state index contributed by atoms with van der Waals surface area (Å²) in [7, 11) is 3.51. The summed E-state index contributed by atoms with van der Waals surface area (Å²) in [6.07, 6.45) is 2.01. The second-order valence-corrected chi connectivity index (χ2v) is 11.0. The molecule has 0 radical (unpaired) electrons. The number of methoxy groups -OCH3 is 2. The van der Waals surface area contributed by atoms with E-state index in [0.717, 1.165) is 64.9 Å². The molecule has 2 aliphatic heterocycles. The Morgan fingerprint density at radius 3 is 1.59 bits per heavy atom. The highest BCUT2D eigenvalue weighted by Crippen LogP contribution is 2.64. The zero-order valence-corrected chi connectivity index (χ0v) is 25.1. The van der Waals surface area contributed by atoms with Gasteiger partial charge in [-0.25, -0.2) is 0 Å². The van der Waals surface area contributed by atoms with Crippen molar-refractivity contribution in [1.82, 2.24) is 5.32 Å². The second-order valence-electron chi connectivity index (χ2n) is 10.6. The molecular weight excluding hydrogens is 526 g/mol. The van der Waals surface area contributed by atoms with Gasteiger partial charge in [-0.05, 0) is 54.8 Å². The number of rotatable bonds is 9. The molecule has 5 nitrogen and oxygen atoms in total. The monoisotopic (exact) mass is 563 g/mol. The number of nitrogens with one attached hydrogen (secondary N) is 1. The maximum atomic E-state index is 6.57. The fourth-order valence-electron chi connectivity index (χ4n) is 6.76. The van der Waals surface area contributed by atoms with Crippen molar-refractivity contribution in [3.63, 3.8) is 0 Å². The van der Waals surface area contributed by atoms with Crippen molar-refractivity contribution in [2.24, 2.45) is 0 Å². The normalized spacial score (nSPS) is 14.0. The quantitative estimate of drug-likeness (QED) is 0.209. The van der Waals surface area contributed by atoms with Crippen LogP contribution in [0.4, 0.5) is 22.7 Å². The summed E-state index contributed by atoms with van der Waals surface area (Å²) in [5.41, 5.74) is 8.20. The zero-order chi connectivity index (χ0) is 28.6. The number of thiocarbonyl (C=S) groups is 1. The maximum absolute atomic E-state index is 6.57. The lowest BCUT2D eigenvalue weighted by molar-refractivity contribution is 0.397. The van der Waals surface area contributed by atoms with Gasteiger partial charge < -0.3 is 24.6 Å². The number of fused-ring (bicyclic) bond motifs is 4. The molecule has 1 N–H and O–H groups in total. The average Bonchev–Trinajstić information content (AvgIpc) is 3.02. The van der Waals surface area contributed by atoms with E-state index in [1.54, 1.807) is 14.2 Å². The first-order chi connectivity index (χ1) is 20.1. The third-order valence-corrected chi connectivity index (χ3v) is 8.74. The van der Waals surface area contributed by atoms with E-state index in [4.69, 9.17) is 21.7 Å². The highest BCUT2D eigenvalue weighted by molar-refractivity contribution is 7.80. The van der Waals surface area contributed by atoms with Crippen LogP contribution in [0.1, 0.15) is 48.9 Å². The summed E-state index contributed by atoms with van der Waals surface area (Å²) >= 11 is 6.57. The molecule has 0 fully saturated rings. The van der Waals surface area contributed by atoms with Crippen LogP contribution in [-0.4, -0.2) is 32.3 Å². The number of anilines is 4. The van der Waals surface area contributed by atoms with Crippen LogP contribution in [0.2, 0.25) is 0 Å². The predicted octanol–water partition coefficient (Wildman–Crippen LogP) is 7.88. The fourth-order valence-corrected chi connectivity index (χ4v) is 7.14. The molecule has 0 spiro atoms. The van der Waals surface area contributed by atoms with Gasteiger partial charge in [0.25, 0.3) is 0 Å². The highest BCUT2D eigenvalue weighted by atomic mass is 32.1. The molecule has 6 heteroatoms. The van der Waals surface area contributed by atoms with Gasteiger partial charge in [-0.2, -0.15) is 0 Å². The van der Waals surface area contributed by atoms with Gasteiger partial charge in [0.1, 0.15) is 16.9 Å². The SMILES string of the molecule is CCCN1c2cccc(OC)c2C2(C(=S)NCc3ccccc3)c3c(OC)cccc3N(CCC)c3cccc1c32. The summed E-state index contributed by atoms with van der Waals surface area (Å²) in [6, 6.07) is 29.8. The molecule has 0 amide bonds. The van der Waals surface area contributed by atoms with Crippen LogP contribution in [-0.2, 0) is 12.0 Å². The standard InChI is InChI=1S/C35H37N3O2S/c1-5-21-37-25-15-10-16-26-31(25)35(32-27(37)17-11-19-29(32)39-3,34(41)36-23-24-13-8-7-9-14-24)33-28(38(26)22-6-2)18-12-20-30(33)40-4/h7-20H,5-6,21-23H2,1-4H3,(H,36,41). The molecular formula is C35H37N3O2S. The second kappa shape index (κ2) is 11.1. The largest absolute Gasteiger partial charge is 0.496 e. The van der Waals surface area contributed by atoms with Crippen LogP contribution in [0.5, 0.6) is 11.5 Å². The summed E-state index contributed by atoms with van der Waals surface area (Å²) < 4.78 is 12.4. The van der Waals surface area contributed by atoms with Crippen molar-refractivity contribution in [3.8, 4) is 11.5 Å². The van der Waals surface area contributed by atoms with E-state index in [0.29, 0.717) is 6.54 Å². The molecule has 0 bridgehead atoms. The average molecular weight is 564 g/mol. The topological polar surface area (TPSA) is 37.0 Å². The van der Waals surface area contributed by atoms with Gasteiger partial charge in [0.05, 0.1) is 19.2 Å². The first-order valence-electron chi connectivity index (χ1n) is 14.5. The van der Waals surface area contributed by atoms with Crippen molar-refractivity contribution in [3.05, 3.63) is 107 Å². The zero-order valence-electron chi connectivity index (χ0n) is 24.2. The van der Waals surface area contributed by atoms with Crippen molar-refractivity contribution < 1.29 is 9.47 Å². The minimum atomic E-state index is -0.839. The molecule has 0 aromatic heterocycles. The molecule has 2 aliphatic rings. The Bertz CT molecular complexity index is 1500. The molecule has 0 aliphatic carbocycles. The number of ether oxygens (including phenoxy) is 2. The Labute approximate surface area is 248 Å². The molecule has 0 atom stereocenters. The van der Waals surface area contributed by atoms with Gasteiger partial charge in [0, 0.05) is 59.1 Å². The first-order valence-corrected chi connectivity index (χ1v) is 14.9. The third kappa shape index (κ3) is 4.07. The number of hydrogen-bond acceptors (Lipinski definition) is 5. The van der Waals surface area contributed by atoms with E-state index in [9.17, 15) is 0 Å². The van der Waals surface area contributed by atoms with Crippen molar-refractivity contribution in [1.29, 1.82) is 0 Å². The van der Waals surface area contributed by atoms with Crippen LogP contribution >= 0.6 is 12.2 Å². The van der Waals surface area contributed by atoms with E-state index in [1.165, 1.54) is 22.5 Å². The van der Waals surface area contributed by atoms with Gasteiger partial charge in [-0.3, -0.25) is 0 Å². The van der Waals surface area contributed by atoms with Gasteiger partial charge in [0.15, 0.2) is 0 Å². The van der Waals surface area contributed by atoms with Gasteiger partial charge in [-0.1, -0.05) is 74.6 Å². The molecule has 41 heavy (non-hydrogen) atoms. The third-order valence-electron chi connectivity index (χ3n) is 8.29. The Morgan fingerprint density at radius 2 is 1.12 bits per heavy atom. The van der Waals surface area contributed by atoms with Crippen LogP contribution in [0.25, 0.3) is 0 Å². The molecule has 0 unspecified atom stereocenters. The molecule has 4 aromatic rings. The summed E-state index contributed by atoms with van der Waals surface area (Å²) in [6.45, 7) is 6.83. The van der Waals surface area contributed by atoms with E-state index in [1.807, 2.05) is 6.07 Å². The predicted molar refractivity (Wildman–Crippen MR) is 173 cm³/mol. The van der Waals surface area contributed by atoms with Crippen LogP contribution in [0, 0.1) is 0 Å².